The van der Waals surface area contributed by atoms with Crippen LogP contribution >= 0.6 is 0 Å². The lowest BCUT2D eigenvalue weighted by molar-refractivity contribution is 0.563. The average molecular weight is 269 g/mol. The molecule has 1 aromatic carbocycles. The summed E-state index contributed by atoms with van der Waals surface area (Å²) in [5.41, 5.74) is 3.65. The first-order valence-electron chi connectivity index (χ1n) is 7.01. The second-order valence-electron chi connectivity index (χ2n) is 6.16. The Bertz CT molecular complexity index is 597. The Morgan fingerprint density at radius 1 is 1.10 bits per heavy atom. The van der Waals surface area contributed by atoms with E-state index < -0.39 is 0 Å². The fraction of sp³-hybridized carbons (Fsp3) is 0.412. The van der Waals surface area contributed by atoms with Gasteiger partial charge in [0.05, 0.1) is 5.69 Å². The van der Waals surface area contributed by atoms with Crippen LogP contribution in [-0.2, 0) is 11.8 Å². The third kappa shape index (κ3) is 3.35. The van der Waals surface area contributed by atoms with Crippen LogP contribution in [0.25, 0.3) is 0 Å². The fourth-order valence-corrected chi connectivity index (χ4v) is 2.07. The molecule has 3 heteroatoms. The third-order valence-corrected chi connectivity index (χ3v) is 3.41. The Hall–Kier alpha value is -1.90. The van der Waals surface area contributed by atoms with Gasteiger partial charge in [-0.1, -0.05) is 45.0 Å². The summed E-state index contributed by atoms with van der Waals surface area (Å²) in [6.45, 7) is 8.65. The van der Waals surface area contributed by atoms with E-state index in [2.05, 4.69) is 62.3 Å². The Morgan fingerprint density at radius 2 is 1.80 bits per heavy atom. The van der Waals surface area contributed by atoms with Crippen molar-refractivity contribution in [3.63, 3.8) is 0 Å². The molecule has 1 N–H and O–H groups in total. The van der Waals surface area contributed by atoms with E-state index in [9.17, 15) is 0 Å². The van der Waals surface area contributed by atoms with Crippen LogP contribution in [0.3, 0.4) is 0 Å². The molecule has 20 heavy (non-hydrogen) atoms. The lowest BCUT2D eigenvalue weighted by atomic mass is 9.91. The number of hydrogen-bond donors (Lipinski definition) is 1. The number of nitrogens with one attached hydrogen (secondary N) is 1. The summed E-state index contributed by atoms with van der Waals surface area (Å²) in [5, 5.41) is 3.13. The summed E-state index contributed by atoms with van der Waals surface area (Å²) in [5.74, 6) is 1.75. The van der Waals surface area contributed by atoms with Crippen molar-refractivity contribution in [3.8, 4) is 0 Å². The first-order valence-corrected chi connectivity index (χ1v) is 7.01. The number of hydrogen-bond acceptors (Lipinski definition) is 3. The lowest BCUT2D eigenvalue weighted by Gasteiger charge is -2.19. The van der Waals surface area contributed by atoms with E-state index in [1.807, 2.05) is 13.1 Å². The van der Waals surface area contributed by atoms with Crippen molar-refractivity contribution < 1.29 is 0 Å². The number of benzene rings is 1. The smallest absolute Gasteiger partial charge is 0.135 e. The van der Waals surface area contributed by atoms with E-state index in [0.717, 1.165) is 23.8 Å². The Labute approximate surface area is 121 Å². The van der Waals surface area contributed by atoms with Crippen molar-refractivity contribution in [2.24, 2.45) is 0 Å². The molecule has 0 unspecified atom stereocenters. The van der Waals surface area contributed by atoms with Crippen molar-refractivity contribution in [2.75, 3.05) is 12.4 Å². The molecule has 0 saturated heterocycles. The molecule has 0 saturated carbocycles. The molecule has 0 fully saturated rings. The molecular weight excluding hydrogens is 246 g/mol. The van der Waals surface area contributed by atoms with Gasteiger partial charge in [0.15, 0.2) is 0 Å². The number of aromatic nitrogens is 2. The topological polar surface area (TPSA) is 37.8 Å². The van der Waals surface area contributed by atoms with Crippen molar-refractivity contribution in [1.82, 2.24) is 9.97 Å². The van der Waals surface area contributed by atoms with Crippen LogP contribution in [0, 0.1) is 6.92 Å². The number of anilines is 1. The van der Waals surface area contributed by atoms with Crippen LogP contribution in [0.5, 0.6) is 0 Å². The summed E-state index contributed by atoms with van der Waals surface area (Å²) < 4.78 is 0. The molecule has 0 bridgehead atoms. The molecule has 1 heterocycles. The van der Waals surface area contributed by atoms with E-state index in [4.69, 9.17) is 4.98 Å². The second-order valence-corrected chi connectivity index (χ2v) is 6.16. The zero-order chi connectivity index (χ0) is 14.8. The molecule has 106 valence electrons. The van der Waals surface area contributed by atoms with Crippen LogP contribution in [0.15, 0.2) is 30.3 Å². The monoisotopic (exact) mass is 269 g/mol. The molecule has 0 aliphatic carbocycles. The van der Waals surface area contributed by atoms with Gasteiger partial charge in [-0.25, -0.2) is 9.97 Å². The maximum Gasteiger partial charge on any atom is 0.135 e. The Morgan fingerprint density at radius 3 is 2.40 bits per heavy atom. The summed E-state index contributed by atoms with van der Waals surface area (Å²) in [6, 6.07) is 10.4. The standard InChI is InChI=1S/C17H23N3/c1-12-8-6-7-9-13(12)10-16-19-14(17(2,3)4)11-15(18-5)20-16/h6-9,11H,10H2,1-5H3,(H,18,19,20). The van der Waals surface area contributed by atoms with Gasteiger partial charge in [0.25, 0.3) is 0 Å². The van der Waals surface area contributed by atoms with E-state index in [1.54, 1.807) is 0 Å². The second kappa shape index (κ2) is 5.61. The maximum absolute atomic E-state index is 4.74. The fourth-order valence-electron chi connectivity index (χ4n) is 2.07. The minimum Gasteiger partial charge on any atom is -0.373 e. The molecule has 0 aliphatic rings. The molecule has 0 radical (unpaired) electrons. The van der Waals surface area contributed by atoms with Crippen LogP contribution in [0.4, 0.5) is 5.82 Å². The first-order chi connectivity index (χ1) is 9.40. The highest BCUT2D eigenvalue weighted by atomic mass is 15.0. The van der Waals surface area contributed by atoms with Gasteiger partial charge in [-0.15, -0.1) is 0 Å². The van der Waals surface area contributed by atoms with E-state index in [1.165, 1.54) is 11.1 Å². The van der Waals surface area contributed by atoms with Crippen molar-refractivity contribution in [2.45, 2.75) is 39.5 Å². The first kappa shape index (κ1) is 14.5. The minimum atomic E-state index is 0.0228. The molecule has 0 amide bonds. The SMILES string of the molecule is CNc1cc(C(C)(C)C)nc(Cc2ccccc2C)n1. The Kier molecular flexibility index (Phi) is 4.07. The number of rotatable bonds is 3. The van der Waals surface area contributed by atoms with Crippen LogP contribution in [-0.4, -0.2) is 17.0 Å². The molecule has 0 aliphatic heterocycles. The zero-order valence-corrected chi connectivity index (χ0v) is 13.0. The van der Waals surface area contributed by atoms with Crippen LogP contribution in [0.2, 0.25) is 0 Å². The molecular formula is C17H23N3. The highest BCUT2D eigenvalue weighted by molar-refractivity contribution is 5.38. The predicted molar refractivity (Wildman–Crippen MR) is 84.3 cm³/mol. The van der Waals surface area contributed by atoms with E-state index >= 15 is 0 Å². The molecule has 2 rings (SSSR count). The Balaban J connectivity index is 2.39. The zero-order valence-electron chi connectivity index (χ0n) is 13.0. The molecule has 0 spiro atoms. The summed E-state index contributed by atoms with van der Waals surface area (Å²) in [6.07, 6.45) is 0.769. The van der Waals surface area contributed by atoms with Gasteiger partial charge in [0.2, 0.25) is 0 Å². The molecule has 1 aromatic heterocycles. The minimum absolute atomic E-state index is 0.0228. The lowest BCUT2D eigenvalue weighted by Crippen LogP contribution is -2.16. The van der Waals surface area contributed by atoms with Crippen molar-refractivity contribution >= 4 is 5.82 Å². The van der Waals surface area contributed by atoms with E-state index in [0.29, 0.717) is 0 Å². The quantitative estimate of drug-likeness (QED) is 0.923. The van der Waals surface area contributed by atoms with Gasteiger partial charge in [0, 0.05) is 24.9 Å². The van der Waals surface area contributed by atoms with Gasteiger partial charge in [-0.05, 0) is 18.1 Å². The van der Waals surface area contributed by atoms with Gasteiger partial charge in [-0.3, -0.25) is 0 Å². The van der Waals surface area contributed by atoms with Gasteiger partial charge in [-0.2, -0.15) is 0 Å². The van der Waals surface area contributed by atoms with Crippen LogP contribution < -0.4 is 5.32 Å². The predicted octanol–water partition coefficient (Wildman–Crippen LogP) is 3.72. The normalized spacial score (nSPS) is 11.4. The van der Waals surface area contributed by atoms with Gasteiger partial charge >= 0.3 is 0 Å². The number of nitrogens with zero attached hydrogens (tertiary/aromatic N) is 2. The summed E-state index contributed by atoms with van der Waals surface area (Å²) in [7, 11) is 1.90. The average Bonchev–Trinajstić information content (AvgIpc) is 2.40. The van der Waals surface area contributed by atoms with Crippen molar-refractivity contribution in [1.29, 1.82) is 0 Å². The number of aryl methyl sites for hydroxylation is 1. The third-order valence-electron chi connectivity index (χ3n) is 3.41. The molecule has 3 nitrogen and oxygen atoms in total. The highest BCUT2D eigenvalue weighted by Gasteiger charge is 2.18. The summed E-state index contributed by atoms with van der Waals surface area (Å²) in [4.78, 5) is 9.32. The van der Waals surface area contributed by atoms with Crippen molar-refractivity contribution in [3.05, 3.63) is 53.0 Å². The highest BCUT2D eigenvalue weighted by Crippen LogP contribution is 2.23. The summed E-state index contributed by atoms with van der Waals surface area (Å²) >= 11 is 0. The van der Waals surface area contributed by atoms with Crippen LogP contribution in [0.1, 0.15) is 43.4 Å². The maximum atomic E-state index is 4.74. The van der Waals surface area contributed by atoms with Gasteiger partial charge in [0.1, 0.15) is 11.6 Å². The van der Waals surface area contributed by atoms with Gasteiger partial charge < -0.3 is 5.32 Å². The largest absolute Gasteiger partial charge is 0.373 e. The molecule has 0 atom stereocenters. The molecule has 2 aromatic rings. The van der Waals surface area contributed by atoms with E-state index in [-0.39, 0.29) is 5.41 Å².